The summed E-state index contributed by atoms with van der Waals surface area (Å²) in [4.78, 5) is 0. The third-order valence-electron chi connectivity index (χ3n) is 3.08. The minimum absolute atomic E-state index is 0.164. The van der Waals surface area contributed by atoms with Crippen molar-refractivity contribution in [1.29, 1.82) is 0 Å². The summed E-state index contributed by atoms with van der Waals surface area (Å²) in [5.41, 5.74) is 1.19. The van der Waals surface area contributed by atoms with Gasteiger partial charge in [-0.15, -0.1) is 0 Å². The van der Waals surface area contributed by atoms with Gasteiger partial charge in [0, 0.05) is 18.2 Å². The maximum Gasteiger partial charge on any atom is 0.125 e. The summed E-state index contributed by atoms with van der Waals surface area (Å²) in [7, 11) is 0. The van der Waals surface area contributed by atoms with Crippen LogP contribution in [0.25, 0.3) is 0 Å². The highest BCUT2D eigenvalue weighted by Crippen LogP contribution is 2.34. The van der Waals surface area contributed by atoms with Gasteiger partial charge < -0.3 is 14.8 Å². The van der Waals surface area contributed by atoms with Gasteiger partial charge in [0.05, 0.1) is 13.2 Å². The van der Waals surface area contributed by atoms with Crippen LogP contribution in [-0.4, -0.2) is 25.8 Å². The van der Waals surface area contributed by atoms with Crippen molar-refractivity contribution in [2.24, 2.45) is 0 Å². The quantitative estimate of drug-likeness (QED) is 0.696. The molecule has 15 heavy (non-hydrogen) atoms. The number of para-hydroxylation sites is 1. The van der Waals surface area contributed by atoms with E-state index < -0.39 is 0 Å². The van der Waals surface area contributed by atoms with E-state index in [1.54, 1.807) is 0 Å². The molecule has 0 aromatic heterocycles. The molecule has 1 fully saturated rings. The molecule has 1 aromatic carbocycles. The number of nitrogens with one attached hydrogen (secondary N) is 1. The van der Waals surface area contributed by atoms with E-state index in [-0.39, 0.29) is 6.10 Å². The van der Waals surface area contributed by atoms with Crippen LogP contribution in [0.4, 0.5) is 0 Å². The van der Waals surface area contributed by atoms with Gasteiger partial charge in [0.1, 0.15) is 11.9 Å². The largest absolute Gasteiger partial charge is 0.493 e. The van der Waals surface area contributed by atoms with Crippen LogP contribution < -0.4 is 10.1 Å². The lowest BCUT2D eigenvalue weighted by molar-refractivity contribution is -0.00584. The summed E-state index contributed by atoms with van der Waals surface area (Å²) in [5, 5.41) is 3.50. The van der Waals surface area contributed by atoms with Crippen LogP contribution in [0.3, 0.4) is 0 Å². The Kier molecular flexibility index (Phi) is 2.35. The molecule has 1 aromatic rings. The summed E-state index contributed by atoms with van der Waals surface area (Å²) in [6, 6.07) is 8.58. The van der Waals surface area contributed by atoms with Crippen LogP contribution in [0, 0.1) is 0 Å². The third kappa shape index (κ3) is 1.62. The van der Waals surface area contributed by atoms with Gasteiger partial charge in [0.15, 0.2) is 0 Å². The van der Waals surface area contributed by atoms with E-state index in [0.717, 1.165) is 31.9 Å². The monoisotopic (exact) mass is 205 g/mol. The van der Waals surface area contributed by atoms with E-state index >= 15 is 0 Å². The highest BCUT2D eigenvalue weighted by Gasteiger charge is 2.31. The number of hydrogen-bond donors (Lipinski definition) is 1. The number of morpholine rings is 1. The van der Waals surface area contributed by atoms with Crippen LogP contribution in [0.2, 0.25) is 0 Å². The molecule has 0 unspecified atom stereocenters. The summed E-state index contributed by atoms with van der Waals surface area (Å²) < 4.78 is 11.6. The smallest absolute Gasteiger partial charge is 0.125 e. The molecule has 0 saturated carbocycles. The van der Waals surface area contributed by atoms with Crippen LogP contribution in [0.15, 0.2) is 24.3 Å². The highest BCUT2D eigenvalue weighted by molar-refractivity contribution is 5.37. The number of benzene rings is 1. The Morgan fingerprint density at radius 3 is 3.13 bits per heavy atom. The lowest BCUT2D eigenvalue weighted by atomic mass is 9.99. The summed E-state index contributed by atoms with van der Waals surface area (Å²) in [5.74, 6) is 0.980. The Morgan fingerprint density at radius 2 is 2.13 bits per heavy atom. The van der Waals surface area contributed by atoms with Crippen molar-refractivity contribution in [1.82, 2.24) is 5.32 Å². The molecule has 1 N–H and O–H groups in total. The zero-order chi connectivity index (χ0) is 10.1. The van der Waals surface area contributed by atoms with E-state index in [2.05, 4.69) is 11.4 Å². The lowest BCUT2D eigenvalue weighted by Crippen LogP contribution is -2.43. The van der Waals surface area contributed by atoms with Gasteiger partial charge in [0.25, 0.3) is 0 Å². The first-order chi connectivity index (χ1) is 7.45. The Morgan fingerprint density at radius 1 is 1.20 bits per heavy atom. The van der Waals surface area contributed by atoms with Crippen LogP contribution >= 0.6 is 0 Å². The van der Waals surface area contributed by atoms with Crippen molar-refractivity contribution < 1.29 is 9.47 Å². The van der Waals surface area contributed by atoms with Gasteiger partial charge in [0.2, 0.25) is 0 Å². The van der Waals surface area contributed by atoms with Crippen molar-refractivity contribution in [2.45, 2.75) is 18.6 Å². The van der Waals surface area contributed by atoms with E-state index in [4.69, 9.17) is 9.47 Å². The summed E-state index contributed by atoms with van der Waals surface area (Å²) in [6.07, 6.45) is 1.18. The Hall–Kier alpha value is -1.06. The Labute approximate surface area is 89.4 Å². The Balaban J connectivity index is 1.99. The van der Waals surface area contributed by atoms with Gasteiger partial charge in [-0.2, -0.15) is 0 Å². The molecular weight excluding hydrogens is 190 g/mol. The standard InChI is InChI=1S/C12H15NO2/c1-2-4-11-9(3-1)12-10(5-7-14-11)13-6-8-15-12/h1-4,10,12-13H,5-8H2/t10-,12-/m0/s1. The fourth-order valence-corrected chi connectivity index (χ4v) is 2.36. The van der Waals surface area contributed by atoms with E-state index in [1.807, 2.05) is 18.2 Å². The minimum Gasteiger partial charge on any atom is -0.493 e. The SMILES string of the molecule is c1ccc2c(c1)OCC[C@@H]1NCCO[C@@H]21. The molecule has 0 amide bonds. The molecule has 3 nitrogen and oxygen atoms in total. The number of hydrogen-bond acceptors (Lipinski definition) is 3. The topological polar surface area (TPSA) is 30.5 Å². The molecule has 80 valence electrons. The minimum atomic E-state index is 0.164. The molecule has 0 bridgehead atoms. The van der Waals surface area contributed by atoms with E-state index in [9.17, 15) is 0 Å². The van der Waals surface area contributed by atoms with Crippen molar-refractivity contribution >= 4 is 0 Å². The van der Waals surface area contributed by atoms with Crippen molar-refractivity contribution in [3.8, 4) is 5.75 Å². The first-order valence-electron chi connectivity index (χ1n) is 5.52. The molecule has 1 saturated heterocycles. The van der Waals surface area contributed by atoms with Gasteiger partial charge in [-0.3, -0.25) is 0 Å². The zero-order valence-corrected chi connectivity index (χ0v) is 8.61. The second-order valence-electron chi connectivity index (χ2n) is 4.03. The summed E-state index contributed by atoms with van der Waals surface area (Å²) >= 11 is 0. The number of fused-ring (bicyclic) bond motifs is 3. The van der Waals surface area contributed by atoms with Gasteiger partial charge in [-0.05, 0) is 12.5 Å². The molecule has 0 spiro atoms. The molecule has 0 radical (unpaired) electrons. The second kappa shape index (κ2) is 3.83. The van der Waals surface area contributed by atoms with Gasteiger partial charge >= 0.3 is 0 Å². The molecular formula is C12H15NO2. The second-order valence-corrected chi connectivity index (χ2v) is 4.03. The first-order valence-corrected chi connectivity index (χ1v) is 5.52. The van der Waals surface area contributed by atoms with Crippen LogP contribution in [-0.2, 0) is 4.74 Å². The predicted molar refractivity (Wildman–Crippen MR) is 57.0 cm³/mol. The summed E-state index contributed by atoms with van der Waals surface area (Å²) in [6.45, 7) is 2.51. The van der Waals surface area contributed by atoms with Gasteiger partial charge in [-0.1, -0.05) is 18.2 Å². The van der Waals surface area contributed by atoms with Crippen molar-refractivity contribution in [3.05, 3.63) is 29.8 Å². The fourth-order valence-electron chi connectivity index (χ4n) is 2.36. The van der Waals surface area contributed by atoms with Crippen molar-refractivity contribution in [2.75, 3.05) is 19.8 Å². The average Bonchev–Trinajstić information content (AvgIpc) is 2.48. The molecule has 2 atom stereocenters. The van der Waals surface area contributed by atoms with Crippen LogP contribution in [0.5, 0.6) is 5.75 Å². The fraction of sp³-hybridized carbons (Fsp3) is 0.500. The average molecular weight is 205 g/mol. The lowest BCUT2D eigenvalue weighted by Gasteiger charge is -2.31. The van der Waals surface area contributed by atoms with E-state index in [0.29, 0.717) is 6.04 Å². The molecule has 3 heteroatoms. The van der Waals surface area contributed by atoms with Crippen LogP contribution in [0.1, 0.15) is 18.1 Å². The predicted octanol–water partition coefficient (Wildman–Crippen LogP) is 1.50. The van der Waals surface area contributed by atoms with E-state index in [1.165, 1.54) is 5.56 Å². The third-order valence-corrected chi connectivity index (χ3v) is 3.08. The first kappa shape index (κ1) is 9.19. The molecule has 0 aliphatic carbocycles. The molecule has 2 heterocycles. The maximum absolute atomic E-state index is 5.85. The molecule has 2 aliphatic rings. The highest BCUT2D eigenvalue weighted by atomic mass is 16.5. The van der Waals surface area contributed by atoms with Gasteiger partial charge in [-0.25, -0.2) is 0 Å². The molecule has 2 aliphatic heterocycles. The van der Waals surface area contributed by atoms with Crippen molar-refractivity contribution in [3.63, 3.8) is 0 Å². The number of rotatable bonds is 0. The Bertz CT molecular complexity index is 353. The normalized spacial score (nSPS) is 29.6. The maximum atomic E-state index is 5.85. The molecule has 3 rings (SSSR count). The number of ether oxygens (including phenoxy) is 2. The zero-order valence-electron chi connectivity index (χ0n) is 8.61.